The Labute approximate surface area is 69.3 Å². The van der Waals surface area contributed by atoms with Gasteiger partial charge in [0.2, 0.25) is 0 Å². The SMILES string of the molecule is O=C1C=CC=CC(Cl)C1Cl. The maximum atomic E-state index is 10.9. The van der Waals surface area contributed by atoms with E-state index in [1.54, 1.807) is 18.2 Å². The third-order valence-electron chi connectivity index (χ3n) is 1.22. The van der Waals surface area contributed by atoms with Crippen LogP contribution in [0.2, 0.25) is 0 Å². The van der Waals surface area contributed by atoms with Crippen LogP contribution >= 0.6 is 23.2 Å². The van der Waals surface area contributed by atoms with Crippen LogP contribution in [-0.4, -0.2) is 16.5 Å². The molecule has 0 aromatic rings. The minimum atomic E-state index is -0.614. The van der Waals surface area contributed by atoms with Crippen molar-refractivity contribution in [2.45, 2.75) is 10.8 Å². The van der Waals surface area contributed by atoms with Crippen LogP contribution in [0.4, 0.5) is 0 Å². The van der Waals surface area contributed by atoms with Gasteiger partial charge in [-0.3, -0.25) is 4.79 Å². The molecule has 54 valence electrons. The molecule has 0 aromatic heterocycles. The van der Waals surface area contributed by atoms with Gasteiger partial charge in [0.05, 0.1) is 5.38 Å². The molecule has 2 atom stereocenters. The standard InChI is InChI=1S/C7H6Cl2O/c8-5-3-1-2-4-6(10)7(5)9/h1-5,7H. The molecule has 1 aliphatic rings. The molecule has 0 N–H and O–H groups in total. The van der Waals surface area contributed by atoms with Crippen LogP contribution in [0.5, 0.6) is 0 Å². The molecule has 1 aliphatic carbocycles. The van der Waals surface area contributed by atoms with Crippen LogP contribution in [0.3, 0.4) is 0 Å². The normalized spacial score (nSPS) is 32.4. The molecule has 1 nitrogen and oxygen atoms in total. The Morgan fingerprint density at radius 3 is 2.70 bits per heavy atom. The number of allylic oxidation sites excluding steroid dienone is 4. The van der Waals surface area contributed by atoms with E-state index in [2.05, 4.69) is 0 Å². The zero-order valence-electron chi connectivity index (χ0n) is 5.13. The quantitative estimate of drug-likeness (QED) is 0.516. The van der Waals surface area contributed by atoms with Crippen molar-refractivity contribution in [3.8, 4) is 0 Å². The van der Waals surface area contributed by atoms with E-state index in [0.29, 0.717) is 0 Å². The molecular weight excluding hydrogens is 171 g/mol. The molecule has 0 spiro atoms. The molecular formula is C7H6Cl2O. The second-order valence-electron chi connectivity index (χ2n) is 1.99. The zero-order valence-corrected chi connectivity index (χ0v) is 6.64. The lowest BCUT2D eigenvalue weighted by molar-refractivity contribution is -0.114. The summed E-state index contributed by atoms with van der Waals surface area (Å²) in [7, 11) is 0. The van der Waals surface area contributed by atoms with Gasteiger partial charge in [0.25, 0.3) is 0 Å². The monoisotopic (exact) mass is 176 g/mol. The first kappa shape index (κ1) is 7.83. The van der Waals surface area contributed by atoms with Crippen LogP contribution in [0.1, 0.15) is 0 Å². The van der Waals surface area contributed by atoms with Gasteiger partial charge in [-0.2, -0.15) is 0 Å². The van der Waals surface area contributed by atoms with Crippen LogP contribution in [0.25, 0.3) is 0 Å². The molecule has 2 unspecified atom stereocenters. The molecule has 0 fully saturated rings. The molecule has 0 radical (unpaired) electrons. The van der Waals surface area contributed by atoms with Gasteiger partial charge in [0, 0.05) is 0 Å². The van der Waals surface area contributed by atoms with Crippen molar-refractivity contribution in [1.82, 2.24) is 0 Å². The average molecular weight is 177 g/mol. The summed E-state index contributed by atoms with van der Waals surface area (Å²) in [6.07, 6.45) is 6.48. The molecule has 0 bridgehead atoms. The molecule has 0 aliphatic heterocycles. The van der Waals surface area contributed by atoms with Crippen LogP contribution < -0.4 is 0 Å². The topological polar surface area (TPSA) is 17.1 Å². The second kappa shape index (κ2) is 3.22. The van der Waals surface area contributed by atoms with E-state index in [-0.39, 0.29) is 11.2 Å². The van der Waals surface area contributed by atoms with Crippen molar-refractivity contribution in [3.63, 3.8) is 0 Å². The summed E-state index contributed by atoms with van der Waals surface area (Å²) in [5.41, 5.74) is 0. The fourth-order valence-electron chi connectivity index (χ4n) is 0.667. The van der Waals surface area contributed by atoms with Gasteiger partial charge in [-0.25, -0.2) is 0 Å². The van der Waals surface area contributed by atoms with Crippen molar-refractivity contribution >= 4 is 29.0 Å². The minimum Gasteiger partial charge on any atom is -0.293 e. The number of halogens is 2. The number of rotatable bonds is 0. The highest BCUT2D eigenvalue weighted by molar-refractivity contribution is 6.39. The predicted molar refractivity (Wildman–Crippen MR) is 42.6 cm³/mol. The van der Waals surface area contributed by atoms with Crippen LogP contribution in [-0.2, 0) is 4.79 Å². The maximum absolute atomic E-state index is 10.9. The molecule has 0 heterocycles. The maximum Gasteiger partial charge on any atom is 0.175 e. The third kappa shape index (κ3) is 1.61. The average Bonchev–Trinajstić information content (AvgIpc) is 2.04. The highest BCUT2D eigenvalue weighted by Crippen LogP contribution is 2.15. The Bertz CT molecular complexity index is 196. The van der Waals surface area contributed by atoms with Gasteiger partial charge in [0.15, 0.2) is 5.78 Å². The summed E-state index contributed by atoms with van der Waals surface area (Å²) >= 11 is 11.3. The van der Waals surface area contributed by atoms with Crippen molar-refractivity contribution in [2.24, 2.45) is 0 Å². The number of hydrogen-bond donors (Lipinski definition) is 0. The van der Waals surface area contributed by atoms with Crippen molar-refractivity contribution < 1.29 is 4.79 Å². The lowest BCUT2D eigenvalue weighted by Crippen LogP contribution is -2.20. The number of ketones is 1. The number of carbonyl (C=O) groups excluding carboxylic acids is 1. The molecule has 0 aromatic carbocycles. The van der Waals surface area contributed by atoms with Gasteiger partial charge in [-0.15, -0.1) is 23.2 Å². The van der Waals surface area contributed by atoms with E-state index < -0.39 is 5.38 Å². The molecule has 0 saturated heterocycles. The summed E-state index contributed by atoms with van der Waals surface area (Å²) in [4.78, 5) is 10.9. The van der Waals surface area contributed by atoms with Crippen molar-refractivity contribution in [3.05, 3.63) is 24.3 Å². The zero-order chi connectivity index (χ0) is 7.56. The molecule has 10 heavy (non-hydrogen) atoms. The Kier molecular flexibility index (Phi) is 2.52. The summed E-state index contributed by atoms with van der Waals surface area (Å²) < 4.78 is 0. The first-order valence-electron chi connectivity index (χ1n) is 2.88. The lowest BCUT2D eigenvalue weighted by Gasteiger charge is -2.05. The highest BCUT2D eigenvalue weighted by atomic mass is 35.5. The fraction of sp³-hybridized carbons (Fsp3) is 0.286. The number of alkyl halides is 2. The number of hydrogen-bond acceptors (Lipinski definition) is 1. The minimum absolute atomic E-state index is 0.133. The third-order valence-corrected chi connectivity index (χ3v) is 2.23. The lowest BCUT2D eigenvalue weighted by atomic mass is 10.2. The van der Waals surface area contributed by atoms with Gasteiger partial charge < -0.3 is 0 Å². The summed E-state index contributed by atoms with van der Waals surface area (Å²) in [6, 6.07) is 0. The molecule has 0 amide bonds. The summed E-state index contributed by atoms with van der Waals surface area (Å²) in [6.45, 7) is 0. The molecule has 3 heteroatoms. The smallest absolute Gasteiger partial charge is 0.175 e. The van der Waals surface area contributed by atoms with E-state index in [9.17, 15) is 4.79 Å². The van der Waals surface area contributed by atoms with E-state index in [1.165, 1.54) is 6.08 Å². The van der Waals surface area contributed by atoms with Gasteiger partial charge in [-0.05, 0) is 6.08 Å². The van der Waals surface area contributed by atoms with Gasteiger partial charge >= 0.3 is 0 Å². The Morgan fingerprint density at radius 2 is 2.00 bits per heavy atom. The highest BCUT2D eigenvalue weighted by Gasteiger charge is 2.20. The second-order valence-corrected chi connectivity index (χ2v) is 2.97. The predicted octanol–water partition coefficient (Wildman–Crippen LogP) is 1.90. The summed E-state index contributed by atoms with van der Waals surface area (Å²) in [5.74, 6) is -0.133. The van der Waals surface area contributed by atoms with Crippen LogP contribution in [0.15, 0.2) is 24.3 Å². The Morgan fingerprint density at radius 1 is 1.30 bits per heavy atom. The number of carbonyl (C=O) groups is 1. The van der Waals surface area contributed by atoms with E-state index >= 15 is 0 Å². The van der Waals surface area contributed by atoms with E-state index in [0.717, 1.165) is 0 Å². The van der Waals surface area contributed by atoms with E-state index in [4.69, 9.17) is 23.2 Å². The van der Waals surface area contributed by atoms with Crippen molar-refractivity contribution in [2.75, 3.05) is 0 Å². The van der Waals surface area contributed by atoms with E-state index in [1.807, 2.05) is 0 Å². The van der Waals surface area contributed by atoms with Crippen molar-refractivity contribution in [1.29, 1.82) is 0 Å². The molecule has 0 saturated carbocycles. The largest absolute Gasteiger partial charge is 0.293 e. The van der Waals surface area contributed by atoms with Crippen LogP contribution in [0, 0.1) is 0 Å². The first-order valence-corrected chi connectivity index (χ1v) is 3.76. The fourth-order valence-corrected chi connectivity index (χ4v) is 1.03. The summed E-state index contributed by atoms with van der Waals surface area (Å²) in [5, 5.41) is -0.999. The Hall–Kier alpha value is -0.270. The van der Waals surface area contributed by atoms with Gasteiger partial charge in [-0.1, -0.05) is 18.2 Å². The first-order chi connectivity index (χ1) is 4.72. The Balaban J connectivity index is 2.79. The molecule has 1 rings (SSSR count). The van der Waals surface area contributed by atoms with Gasteiger partial charge in [0.1, 0.15) is 5.38 Å².